The van der Waals surface area contributed by atoms with Gasteiger partial charge in [-0.1, -0.05) is 60.7 Å². The predicted molar refractivity (Wildman–Crippen MR) is 143 cm³/mol. The minimum Gasteiger partial charge on any atom is -0.465 e. The number of benzene rings is 4. The molecular formula is C30H25N5O4. The zero-order valence-corrected chi connectivity index (χ0v) is 21.2. The van der Waals surface area contributed by atoms with Gasteiger partial charge in [-0.2, -0.15) is 4.68 Å². The van der Waals surface area contributed by atoms with Crippen LogP contribution in [0.1, 0.15) is 31.8 Å². The Kier molecular flexibility index (Phi) is 7.68. The molecule has 0 aliphatic rings. The molecule has 0 fully saturated rings. The molecule has 1 aromatic heterocycles. The van der Waals surface area contributed by atoms with Crippen LogP contribution in [0.4, 0.5) is 0 Å². The number of tetrazole rings is 1. The fraction of sp³-hybridized carbons (Fsp3) is 0.100. The first-order chi connectivity index (χ1) is 19.1. The van der Waals surface area contributed by atoms with Crippen molar-refractivity contribution >= 4 is 11.9 Å². The number of ether oxygens (including phenoxy) is 2. The Morgan fingerprint density at radius 2 is 1.44 bits per heavy atom. The minimum absolute atomic E-state index is 0.178. The van der Waals surface area contributed by atoms with E-state index in [0.717, 1.165) is 16.9 Å². The number of methoxy groups -OCH3 is 1. The predicted octanol–water partition coefficient (Wildman–Crippen LogP) is 5.08. The molecule has 1 heterocycles. The number of aromatic nitrogens is 4. The van der Waals surface area contributed by atoms with Crippen molar-refractivity contribution in [3.8, 4) is 17.2 Å². The topological polar surface area (TPSA) is 99.4 Å². The van der Waals surface area contributed by atoms with Crippen LogP contribution in [0.15, 0.2) is 109 Å². The summed E-state index contributed by atoms with van der Waals surface area (Å²) in [5.41, 5.74) is 2.84. The Balaban J connectivity index is 1.42. The third-order valence-electron chi connectivity index (χ3n) is 6.02. The second-order valence-electron chi connectivity index (χ2n) is 8.68. The molecule has 5 aromatic rings. The average Bonchev–Trinajstić information content (AvgIpc) is 3.53. The lowest BCUT2D eigenvalue weighted by Crippen LogP contribution is -2.30. The Labute approximate surface area is 225 Å². The fourth-order valence-electron chi connectivity index (χ4n) is 4.11. The van der Waals surface area contributed by atoms with Gasteiger partial charge >= 0.3 is 5.97 Å². The molecule has 0 aliphatic carbocycles. The van der Waals surface area contributed by atoms with Gasteiger partial charge in [0.1, 0.15) is 17.8 Å². The maximum atomic E-state index is 13.8. The average molecular weight is 520 g/mol. The lowest BCUT2D eigenvalue weighted by Gasteiger charge is -2.24. The van der Waals surface area contributed by atoms with E-state index < -0.39 is 5.97 Å². The smallest absolute Gasteiger partial charge is 0.340 e. The maximum absolute atomic E-state index is 13.8. The SMILES string of the molecule is COC(=O)c1cc(C(=O)N(Cc2ccccc2)Cc2ccc(Oc3ccccc3)cc2)ccc1-n1cnnn1. The van der Waals surface area contributed by atoms with E-state index in [-0.39, 0.29) is 11.5 Å². The van der Waals surface area contributed by atoms with Crippen LogP contribution in [0.3, 0.4) is 0 Å². The second-order valence-corrected chi connectivity index (χ2v) is 8.68. The third kappa shape index (κ3) is 6.16. The summed E-state index contributed by atoms with van der Waals surface area (Å²) in [4.78, 5) is 28.1. The number of esters is 1. The Morgan fingerprint density at radius 1 is 0.795 bits per heavy atom. The van der Waals surface area contributed by atoms with Crippen LogP contribution in [0.2, 0.25) is 0 Å². The molecule has 0 radical (unpaired) electrons. The molecule has 1 amide bonds. The molecule has 0 unspecified atom stereocenters. The Morgan fingerprint density at radius 3 is 2.08 bits per heavy atom. The summed E-state index contributed by atoms with van der Waals surface area (Å²) < 4.78 is 12.2. The van der Waals surface area contributed by atoms with Crippen LogP contribution in [-0.2, 0) is 17.8 Å². The van der Waals surface area contributed by atoms with Gasteiger partial charge in [-0.15, -0.1) is 5.10 Å². The van der Waals surface area contributed by atoms with Crippen LogP contribution < -0.4 is 4.74 Å². The van der Waals surface area contributed by atoms with Crippen LogP contribution in [0.5, 0.6) is 11.5 Å². The molecule has 0 saturated carbocycles. The van der Waals surface area contributed by atoms with Crippen LogP contribution in [0, 0.1) is 0 Å². The first kappa shape index (κ1) is 25.3. The zero-order valence-electron chi connectivity index (χ0n) is 21.2. The van der Waals surface area contributed by atoms with Crippen LogP contribution >= 0.6 is 0 Å². The standard InChI is InChI=1S/C30H25N5O4/c1-38-30(37)27-18-24(14-17-28(27)35-21-31-32-33-35)29(36)34(19-22-8-4-2-5-9-22)20-23-12-15-26(16-13-23)39-25-10-6-3-7-11-25/h2-18,21H,19-20H2,1H3. The van der Waals surface area contributed by atoms with Gasteiger partial charge in [-0.3, -0.25) is 4.79 Å². The first-order valence-electron chi connectivity index (χ1n) is 12.2. The molecule has 0 spiro atoms. The van der Waals surface area contributed by atoms with E-state index in [4.69, 9.17) is 9.47 Å². The van der Waals surface area contributed by atoms with Crippen molar-refractivity contribution in [3.63, 3.8) is 0 Å². The van der Waals surface area contributed by atoms with E-state index in [0.29, 0.717) is 30.1 Å². The van der Waals surface area contributed by atoms with Gasteiger partial charge in [0.25, 0.3) is 5.91 Å². The van der Waals surface area contributed by atoms with Gasteiger partial charge in [0.05, 0.1) is 18.4 Å². The van der Waals surface area contributed by atoms with Crippen molar-refractivity contribution in [2.45, 2.75) is 13.1 Å². The van der Waals surface area contributed by atoms with E-state index in [2.05, 4.69) is 15.5 Å². The highest BCUT2D eigenvalue weighted by Crippen LogP contribution is 2.23. The largest absolute Gasteiger partial charge is 0.465 e. The molecule has 9 nitrogen and oxygen atoms in total. The van der Waals surface area contributed by atoms with Crippen molar-refractivity contribution in [1.29, 1.82) is 0 Å². The van der Waals surface area contributed by atoms with Crippen molar-refractivity contribution in [3.05, 3.63) is 132 Å². The highest BCUT2D eigenvalue weighted by molar-refractivity contribution is 6.00. The van der Waals surface area contributed by atoms with Gasteiger partial charge in [0, 0.05) is 18.7 Å². The van der Waals surface area contributed by atoms with Crippen LogP contribution in [-0.4, -0.2) is 44.1 Å². The summed E-state index contributed by atoms with van der Waals surface area (Å²) >= 11 is 0. The van der Waals surface area contributed by atoms with Crippen molar-refractivity contribution < 1.29 is 19.1 Å². The summed E-state index contributed by atoms with van der Waals surface area (Å²) in [6.45, 7) is 0.728. The molecule has 0 aliphatic heterocycles. The monoisotopic (exact) mass is 519 g/mol. The first-order valence-corrected chi connectivity index (χ1v) is 12.2. The van der Waals surface area contributed by atoms with Crippen molar-refractivity contribution in [2.75, 3.05) is 7.11 Å². The fourth-order valence-corrected chi connectivity index (χ4v) is 4.11. The maximum Gasteiger partial charge on any atom is 0.340 e. The normalized spacial score (nSPS) is 10.6. The number of nitrogens with zero attached hydrogens (tertiary/aromatic N) is 5. The van der Waals surface area contributed by atoms with Crippen molar-refractivity contribution in [2.24, 2.45) is 0 Å². The number of hydrogen-bond acceptors (Lipinski definition) is 7. The van der Waals surface area contributed by atoms with Gasteiger partial charge < -0.3 is 14.4 Å². The molecule has 9 heteroatoms. The molecule has 0 N–H and O–H groups in total. The quantitative estimate of drug-likeness (QED) is 0.250. The van der Waals surface area contributed by atoms with E-state index in [9.17, 15) is 9.59 Å². The summed E-state index contributed by atoms with van der Waals surface area (Å²) in [5.74, 6) is 0.611. The van der Waals surface area contributed by atoms with Crippen molar-refractivity contribution in [1.82, 2.24) is 25.1 Å². The summed E-state index contributed by atoms with van der Waals surface area (Å²) in [6, 6.07) is 31.7. The molecule has 0 atom stereocenters. The Bertz CT molecular complexity index is 1540. The molecule has 194 valence electrons. The lowest BCUT2D eigenvalue weighted by molar-refractivity contribution is 0.0600. The lowest BCUT2D eigenvalue weighted by atomic mass is 10.1. The highest BCUT2D eigenvalue weighted by Gasteiger charge is 2.22. The number of carbonyl (C=O) groups excluding carboxylic acids is 2. The molecule has 5 rings (SSSR count). The van der Waals surface area contributed by atoms with E-state index in [1.807, 2.05) is 84.9 Å². The highest BCUT2D eigenvalue weighted by atomic mass is 16.5. The number of carbonyl (C=O) groups is 2. The third-order valence-corrected chi connectivity index (χ3v) is 6.02. The van der Waals surface area contributed by atoms with E-state index in [1.54, 1.807) is 17.0 Å². The summed E-state index contributed by atoms with van der Waals surface area (Å²) in [6.07, 6.45) is 1.37. The van der Waals surface area contributed by atoms with Gasteiger partial charge in [-0.05, 0) is 64.0 Å². The number of amides is 1. The molecular weight excluding hydrogens is 494 g/mol. The van der Waals surface area contributed by atoms with Crippen LogP contribution in [0.25, 0.3) is 5.69 Å². The van der Waals surface area contributed by atoms with Gasteiger partial charge in [-0.25, -0.2) is 4.79 Å². The number of para-hydroxylation sites is 1. The molecule has 0 saturated heterocycles. The Hall–Kier alpha value is -5.31. The summed E-state index contributed by atoms with van der Waals surface area (Å²) in [5, 5.41) is 11.1. The minimum atomic E-state index is -0.598. The summed E-state index contributed by atoms with van der Waals surface area (Å²) in [7, 11) is 1.28. The second kappa shape index (κ2) is 11.8. The molecule has 39 heavy (non-hydrogen) atoms. The van der Waals surface area contributed by atoms with Gasteiger partial charge in [0.15, 0.2) is 0 Å². The number of hydrogen-bond donors (Lipinski definition) is 0. The molecule has 4 aromatic carbocycles. The molecule has 0 bridgehead atoms. The number of rotatable bonds is 9. The van der Waals surface area contributed by atoms with E-state index in [1.165, 1.54) is 24.2 Å². The van der Waals surface area contributed by atoms with Gasteiger partial charge in [0.2, 0.25) is 0 Å². The van der Waals surface area contributed by atoms with E-state index >= 15 is 0 Å². The zero-order chi connectivity index (χ0) is 27.0.